The number of hydrogen-bond acceptors (Lipinski definition) is 4. The number of ether oxygens (including phenoxy) is 1. The molecule has 0 amide bonds. The van der Waals surface area contributed by atoms with Crippen molar-refractivity contribution in [2.45, 2.75) is 56.4 Å². The molecule has 0 bridgehead atoms. The van der Waals surface area contributed by atoms with Crippen molar-refractivity contribution in [2.75, 3.05) is 12.9 Å². The van der Waals surface area contributed by atoms with Gasteiger partial charge in [-0.3, -0.25) is 0 Å². The molecule has 3 rings (SSSR count). The van der Waals surface area contributed by atoms with Crippen molar-refractivity contribution < 1.29 is 22.7 Å². The molecular formula is C23H29FO4S. The normalized spacial score (nSPS) is 25.8. The van der Waals surface area contributed by atoms with Gasteiger partial charge in [-0.25, -0.2) is 12.8 Å². The molecule has 0 saturated carbocycles. The van der Waals surface area contributed by atoms with E-state index < -0.39 is 33.1 Å². The number of aliphatic hydroxyl groups excluding tert-OH is 1. The third-order valence-corrected chi connectivity index (χ3v) is 8.24. The predicted molar refractivity (Wildman–Crippen MR) is 112 cm³/mol. The van der Waals surface area contributed by atoms with Crippen LogP contribution in [0.4, 0.5) is 4.39 Å². The number of aliphatic hydroxyl groups is 1. The van der Waals surface area contributed by atoms with Gasteiger partial charge in [-0.1, -0.05) is 38.8 Å². The Balaban J connectivity index is 2.30. The topological polar surface area (TPSA) is 63.6 Å². The Morgan fingerprint density at radius 1 is 1.21 bits per heavy atom. The second-order valence-electron chi connectivity index (χ2n) is 7.96. The van der Waals surface area contributed by atoms with Crippen molar-refractivity contribution in [3.05, 3.63) is 59.4 Å². The van der Waals surface area contributed by atoms with E-state index in [0.717, 1.165) is 18.4 Å². The number of hydrogen-bond donors (Lipinski definition) is 1. The average molecular weight is 421 g/mol. The fourth-order valence-electron chi connectivity index (χ4n) is 4.54. The number of unbranched alkanes of at least 4 members (excludes halogenated alkanes) is 1. The highest BCUT2D eigenvalue weighted by Crippen LogP contribution is 2.49. The number of halogens is 1. The third-order valence-electron chi connectivity index (χ3n) is 6.25. The molecule has 0 spiro atoms. The molecule has 3 atom stereocenters. The second-order valence-corrected chi connectivity index (χ2v) is 9.92. The minimum atomic E-state index is -3.69. The number of methoxy groups -OCH3 is 1. The summed E-state index contributed by atoms with van der Waals surface area (Å²) >= 11 is 0. The zero-order valence-electron chi connectivity index (χ0n) is 17.2. The summed E-state index contributed by atoms with van der Waals surface area (Å²) < 4.78 is 46.2. The lowest BCUT2D eigenvalue weighted by molar-refractivity contribution is 0.0173. The quantitative estimate of drug-likeness (QED) is 0.688. The van der Waals surface area contributed by atoms with Crippen LogP contribution >= 0.6 is 0 Å². The SMILES string of the molecule is CCCC[C@]1(CC)CS(=O)(=O)c2ccc(F)cc2[C@@H](c2cccc(OC)c2)C1O. The second kappa shape index (κ2) is 8.44. The molecule has 0 radical (unpaired) electrons. The summed E-state index contributed by atoms with van der Waals surface area (Å²) in [6, 6.07) is 11.0. The van der Waals surface area contributed by atoms with Gasteiger partial charge in [0.25, 0.3) is 0 Å². The van der Waals surface area contributed by atoms with Gasteiger partial charge < -0.3 is 9.84 Å². The molecule has 1 unspecified atom stereocenters. The van der Waals surface area contributed by atoms with E-state index in [9.17, 15) is 17.9 Å². The van der Waals surface area contributed by atoms with E-state index in [-0.39, 0.29) is 10.6 Å². The maximum Gasteiger partial charge on any atom is 0.179 e. The molecule has 0 aliphatic carbocycles. The Kier molecular flexibility index (Phi) is 6.34. The molecule has 1 aliphatic rings. The monoisotopic (exact) mass is 420 g/mol. The van der Waals surface area contributed by atoms with Crippen molar-refractivity contribution in [1.82, 2.24) is 0 Å². The van der Waals surface area contributed by atoms with Gasteiger partial charge in [0.1, 0.15) is 11.6 Å². The van der Waals surface area contributed by atoms with Crippen LogP contribution in [-0.4, -0.2) is 32.5 Å². The molecule has 4 nitrogen and oxygen atoms in total. The fraction of sp³-hybridized carbons (Fsp3) is 0.478. The standard InChI is InChI=1S/C23H29FO4S/c1-4-6-12-23(5-2)15-29(26,27)20-11-10-17(24)14-19(20)21(22(23)25)16-8-7-9-18(13-16)28-3/h7-11,13-14,21-22,25H,4-6,12,15H2,1-3H3/t21-,22?,23-/m1/s1. The Labute approximate surface area is 172 Å². The molecule has 2 aromatic carbocycles. The number of rotatable bonds is 6. The molecular weight excluding hydrogens is 391 g/mol. The van der Waals surface area contributed by atoms with Gasteiger partial charge in [-0.05, 0) is 54.3 Å². The van der Waals surface area contributed by atoms with Crippen LogP contribution in [0.2, 0.25) is 0 Å². The molecule has 158 valence electrons. The van der Waals surface area contributed by atoms with Crippen LogP contribution in [0.5, 0.6) is 5.75 Å². The van der Waals surface area contributed by atoms with Crippen LogP contribution in [0, 0.1) is 11.2 Å². The highest BCUT2D eigenvalue weighted by Gasteiger charge is 2.49. The van der Waals surface area contributed by atoms with Crippen LogP contribution in [-0.2, 0) is 9.84 Å². The zero-order chi connectivity index (χ0) is 21.2. The van der Waals surface area contributed by atoms with Crippen molar-refractivity contribution in [1.29, 1.82) is 0 Å². The summed E-state index contributed by atoms with van der Waals surface area (Å²) in [7, 11) is -2.14. The summed E-state index contributed by atoms with van der Waals surface area (Å²) in [5, 5.41) is 11.6. The summed E-state index contributed by atoms with van der Waals surface area (Å²) in [5.41, 5.74) is 0.227. The maximum atomic E-state index is 14.2. The Hall–Kier alpha value is -1.92. The molecule has 0 aromatic heterocycles. The summed E-state index contributed by atoms with van der Waals surface area (Å²) in [6.07, 6.45) is 1.86. The van der Waals surface area contributed by atoms with Gasteiger partial charge in [0.05, 0.1) is 23.9 Å². The van der Waals surface area contributed by atoms with E-state index in [1.54, 1.807) is 25.3 Å². The van der Waals surface area contributed by atoms with Crippen molar-refractivity contribution >= 4 is 9.84 Å². The Morgan fingerprint density at radius 3 is 2.62 bits per heavy atom. The van der Waals surface area contributed by atoms with Crippen molar-refractivity contribution in [2.24, 2.45) is 5.41 Å². The first kappa shape index (κ1) is 21.8. The van der Waals surface area contributed by atoms with Gasteiger partial charge in [0.15, 0.2) is 9.84 Å². The smallest absolute Gasteiger partial charge is 0.179 e. The first-order valence-corrected chi connectivity index (χ1v) is 11.8. The van der Waals surface area contributed by atoms with E-state index in [1.165, 1.54) is 18.2 Å². The Bertz CT molecular complexity index is 973. The average Bonchev–Trinajstić information content (AvgIpc) is 2.77. The summed E-state index contributed by atoms with van der Waals surface area (Å²) in [6.45, 7) is 3.97. The molecule has 1 heterocycles. The lowest BCUT2D eigenvalue weighted by Gasteiger charge is -2.39. The predicted octanol–water partition coefficient (Wildman–Crippen LogP) is 4.70. The minimum Gasteiger partial charge on any atom is -0.497 e. The highest BCUT2D eigenvalue weighted by molar-refractivity contribution is 7.91. The van der Waals surface area contributed by atoms with Crippen LogP contribution in [0.25, 0.3) is 0 Å². The number of benzene rings is 2. The van der Waals surface area contributed by atoms with Gasteiger partial charge >= 0.3 is 0 Å². The molecule has 0 fully saturated rings. The zero-order valence-corrected chi connectivity index (χ0v) is 18.0. The lowest BCUT2D eigenvalue weighted by Crippen LogP contribution is -2.42. The van der Waals surface area contributed by atoms with Gasteiger partial charge in [0, 0.05) is 11.3 Å². The molecule has 1 aliphatic heterocycles. The van der Waals surface area contributed by atoms with Gasteiger partial charge in [0.2, 0.25) is 0 Å². The third kappa shape index (κ3) is 4.05. The first-order chi connectivity index (χ1) is 13.8. The molecule has 1 N–H and O–H groups in total. The van der Waals surface area contributed by atoms with E-state index in [0.29, 0.717) is 24.2 Å². The molecule has 6 heteroatoms. The van der Waals surface area contributed by atoms with Crippen LogP contribution in [0.3, 0.4) is 0 Å². The van der Waals surface area contributed by atoms with E-state index >= 15 is 0 Å². The highest BCUT2D eigenvalue weighted by atomic mass is 32.2. The Morgan fingerprint density at radius 2 is 1.97 bits per heavy atom. The minimum absolute atomic E-state index is 0.109. The van der Waals surface area contributed by atoms with Crippen molar-refractivity contribution in [3.63, 3.8) is 0 Å². The van der Waals surface area contributed by atoms with E-state index in [2.05, 4.69) is 0 Å². The van der Waals surface area contributed by atoms with E-state index in [1.807, 2.05) is 19.9 Å². The summed E-state index contributed by atoms with van der Waals surface area (Å²) in [5.74, 6) is -0.714. The fourth-order valence-corrected chi connectivity index (χ4v) is 6.80. The number of fused-ring (bicyclic) bond motifs is 1. The first-order valence-electron chi connectivity index (χ1n) is 10.1. The van der Waals surface area contributed by atoms with Crippen LogP contribution < -0.4 is 4.74 Å². The molecule has 0 saturated heterocycles. The van der Waals surface area contributed by atoms with Crippen LogP contribution in [0.15, 0.2) is 47.4 Å². The van der Waals surface area contributed by atoms with Gasteiger partial charge in [-0.15, -0.1) is 0 Å². The maximum absolute atomic E-state index is 14.2. The lowest BCUT2D eigenvalue weighted by atomic mass is 9.69. The van der Waals surface area contributed by atoms with Crippen LogP contribution in [0.1, 0.15) is 56.6 Å². The van der Waals surface area contributed by atoms with E-state index in [4.69, 9.17) is 4.74 Å². The molecule has 29 heavy (non-hydrogen) atoms. The van der Waals surface area contributed by atoms with Crippen molar-refractivity contribution in [3.8, 4) is 5.75 Å². The van der Waals surface area contributed by atoms with Gasteiger partial charge in [-0.2, -0.15) is 0 Å². The number of sulfone groups is 1. The molecule has 2 aromatic rings. The largest absolute Gasteiger partial charge is 0.497 e. The summed E-state index contributed by atoms with van der Waals surface area (Å²) in [4.78, 5) is 0.109.